The first-order valence-corrected chi connectivity index (χ1v) is 13.8. The third-order valence-electron chi connectivity index (χ3n) is 8.53. The lowest BCUT2D eigenvalue weighted by Crippen LogP contribution is -2.56. The van der Waals surface area contributed by atoms with Crippen molar-refractivity contribution in [3.63, 3.8) is 0 Å². The molecule has 0 amide bonds. The fraction of sp³-hybridized carbons (Fsp3) is 0.571. The van der Waals surface area contributed by atoms with Crippen LogP contribution in [0.5, 0.6) is 5.75 Å². The molecule has 5 rings (SSSR count). The van der Waals surface area contributed by atoms with Crippen molar-refractivity contribution in [1.29, 1.82) is 0 Å². The van der Waals surface area contributed by atoms with Crippen LogP contribution >= 0.6 is 23.2 Å². The number of pyridine rings is 1. The van der Waals surface area contributed by atoms with Crippen LogP contribution in [-0.4, -0.2) is 53.2 Å². The van der Waals surface area contributed by atoms with E-state index in [1.807, 2.05) is 32.9 Å². The van der Waals surface area contributed by atoms with E-state index in [1.165, 1.54) is 12.8 Å². The minimum absolute atomic E-state index is 0.139. The number of anilines is 1. The van der Waals surface area contributed by atoms with E-state index >= 15 is 0 Å². The molecule has 0 spiro atoms. The summed E-state index contributed by atoms with van der Waals surface area (Å²) in [5.74, 6) is 2.36. The Morgan fingerprint density at radius 1 is 1.14 bits per heavy atom. The maximum atomic E-state index is 11.2. The number of benzene rings is 1. The van der Waals surface area contributed by atoms with Crippen molar-refractivity contribution < 1.29 is 14.6 Å². The van der Waals surface area contributed by atoms with E-state index in [4.69, 9.17) is 32.9 Å². The molecule has 0 radical (unpaired) electrons. The Balaban J connectivity index is 1.20. The van der Waals surface area contributed by atoms with Gasteiger partial charge in [-0.1, -0.05) is 29.3 Å². The van der Waals surface area contributed by atoms with E-state index in [0.29, 0.717) is 27.9 Å². The van der Waals surface area contributed by atoms with Crippen molar-refractivity contribution in [2.45, 2.75) is 58.6 Å². The first-order valence-electron chi connectivity index (χ1n) is 13.0. The maximum Gasteiger partial charge on any atom is 0.306 e. The van der Waals surface area contributed by atoms with Crippen LogP contribution in [0.25, 0.3) is 0 Å². The number of nitrogens with zero attached hydrogens (tertiary/aromatic N) is 3. The van der Waals surface area contributed by atoms with Crippen molar-refractivity contribution in [2.24, 2.45) is 17.8 Å². The highest BCUT2D eigenvalue weighted by molar-refractivity contribution is 6.35. The lowest BCUT2D eigenvalue weighted by Gasteiger charge is -2.50. The maximum absolute atomic E-state index is 11.2. The molecule has 0 unspecified atom stereocenters. The summed E-state index contributed by atoms with van der Waals surface area (Å²) in [4.78, 5) is 21.0. The topological polar surface area (TPSA) is 65.9 Å². The van der Waals surface area contributed by atoms with E-state index in [9.17, 15) is 9.90 Å². The molecule has 1 saturated carbocycles. The van der Waals surface area contributed by atoms with Crippen molar-refractivity contribution in [2.75, 3.05) is 31.1 Å². The minimum atomic E-state index is -0.635. The summed E-state index contributed by atoms with van der Waals surface area (Å²) < 4.78 is 6.38. The Bertz CT molecular complexity index is 1130. The highest BCUT2D eigenvalue weighted by Gasteiger charge is 2.42. The molecule has 3 fully saturated rings. The number of likely N-dealkylation sites (tertiary alicyclic amines) is 1. The molecule has 2 aliphatic heterocycles. The normalized spacial score (nSPS) is 25.7. The summed E-state index contributed by atoms with van der Waals surface area (Å²) >= 11 is 12.5. The lowest BCUT2D eigenvalue weighted by molar-refractivity contribution is -0.147. The van der Waals surface area contributed by atoms with Crippen LogP contribution in [-0.2, 0) is 4.79 Å². The van der Waals surface area contributed by atoms with Gasteiger partial charge in [0.15, 0.2) is 0 Å². The molecule has 36 heavy (non-hydrogen) atoms. The summed E-state index contributed by atoms with van der Waals surface area (Å²) in [5, 5.41) is 10.4. The van der Waals surface area contributed by atoms with Gasteiger partial charge in [-0.3, -0.25) is 4.79 Å². The third-order valence-corrected chi connectivity index (χ3v) is 9.09. The Hall–Kier alpha value is -2.02. The molecule has 194 valence electrons. The van der Waals surface area contributed by atoms with Gasteiger partial charge in [-0.25, -0.2) is 4.98 Å². The summed E-state index contributed by atoms with van der Waals surface area (Å²) in [6.07, 6.45) is 3.88. The van der Waals surface area contributed by atoms with Crippen LogP contribution in [0.3, 0.4) is 0 Å². The Morgan fingerprint density at radius 3 is 2.58 bits per heavy atom. The zero-order valence-corrected chi connectivity index (χ0v) is 22.7. The summed E-state index contributed by atoms with van der Waals surface area (Å²) in [6.45, 7) is 10.3. The molecule has 2 aromatic rings. The molecule has 3 heterocycles. The Labute approximate surface area is 223 Å². The number of aliphatic carboxylic acids is 1. The number of carboxylic acids is 1. The zero-order valence-electron chi connectivity index (χ0n) is 21.2. The Kier molecular flexibility index (Phi) is 7.39. The number of rotatable bonds is 7. The highest BCUT2D eigenvalue weighted by atomic mass is 35.5. The Morgan fingerprint density at radius 2 is 1.89 bits per heavy atom. The predicted octanol–water partition coefficient (Wildman–Crippen LogP) is 6.16. The van der Waals surface area contributed by atoms with Crippen LogP contribution in [0, 0.1) is 31.6 Å². The number of hydrogen-bond acceptors (Lipinski definition) is 5. The largest absolute Gasteiger partial charge is 0.485 e. The van der Waals surface area contributed by atoms with E-state index in [-0.39, 0.29) is 12.0 Å². The molecule has 1 N–H and O–H groups in total. The molecular formula is C28H35Cl2N3O3. The molecule has 1 aromatic heterocycles. The molecule has 2 atom stereocenters. The smallest absolute Gasteiger partial charge is 0.306 e. The number of hydrogen-bond donors (Lipinski definition) is 1. The predicted molar refractivity (Wildman–Crippen MR) is 143 cm³/mol. The number of aryl methyl sites for hydroxylation is 1. The van der Waals surface area contributed by atoms with Gasteiger partial charge < -0.3 is 19.6 Å². The summed E-state index contributed by atoms with van der Waals surface area (Å²) in [5.41, 5.74) is 2.92. The van der Waals surface area contributed by atoms with Crippen LogP contribution in [0.4, 0.5) is 5.82 Å². The van der Waals surface area contributed by atoms with Gasteiger partial charge in [-0.05, 0) is 77.0 Å². The van der Waals surface area contributed by atoms with E-state index < -0.39 is 5.97 Å². The standard InChI is InChI=1S/C28H35Cl2N3O3/c1-16-17(2)31-27(12-26(16)36-18(3)24-7-6-22(29)11-25(24)30)33-14-21(15-33)19-5-4-8-32(13-19)23-9-20(10-23)28(34)35/h6-7,11-12,18-21,23H,4-5,8-10,13-15H2,1-3H3,(H,34,35)/t18-,19+,20?,23?/m1/s1. The van der Waals surface area contributed by atoms with E-state index in [1.54, 1.807) is 6.07 Å². The second kappa shape index (κ2) is 10.4. The van der Waals surface area contributed by atoms with Crippen LogP contribution in [0.2, 0.25) is 10.0 Å². The molecule has 6 nitrogen and oxygen atoms in total. The van der Waals surface area contributed by atoms with Crippen molar-refractivity contribution in [1.82, 2.24) is 9.88 Å². The van der Waals surface area contributed by atoms with E-state index in [0.717, 1.165) is 67.4 Å². The first-order chi connectivity index (χ1) is 17.2. The average Bonchev–Trinajstić information content (AvgIpc) is 2.75. The average molecular weight is 533 g/mol. The first kappa shape index (κ1) is 25.6. The number of ether oxygens (including phenoxy) is 1. The van der Waals surface area contributed by atoms with Gasteiger partial charge in [0.2, 0.25) is 0 Å². The monoisotopic (exact) mass is 531 g/mol. The minimum Gasteiger partial charge on any atom is -0.485 e. The third kappa shape index (κ3) is 5.18. The van der Waals surface area contributed by atoms with Gasteiger partial charge in [-0.15, -0.1) is 0 Å². The highest BCUT2D eigenvalue weighted by Crippen LogP contribution is 2.40. The number of piperidine rings is 1. The van der Waals surface area contributed by atoms with Crippen molar-refractivity contribution >= 4 is 35.0 Å². The molecule has 1 aromatic carbocycles. The van der Waals surface area contributed by atoms with Crippen LogP contribution in [0.1, 0.15) is 55.5 Å². The molecule has 0 bridgehead atoms. The molecular weight excluding hydrogens is 497 g/mol. The number of halogens is 2. The lowest BCUT2D eigenvalue weighted by atomic mass is 9.76. The van der Waals surface area contributed by atoms with Gasteiger partial charge in [0, 0.05) is 58.6 Å². The van der Waals surface area contributed by atoms with Gasteiger partial charge in [-0.2, -0.15) is 0 Å². The number of aromatic nitrogens is 1. The summed E-state index contributed by atoms with van der Waals surface area (Å²) in [6, 6.07) is 8.02. The quantitative estimate of drug-likeness (QED) is 0.461. The summed E-state index contributed by atoms with van der Waals surface area (Å²) in [7, 11) is 0. The fourth-order valence-corrected chi connectivity index (χ4v) is 6.47. The zero-order chi connectivity index (χ0) is 25.6. The second-order valence-electron chi connectivity index (χ2n) is 10.8. The van der Waals surface area contributed by atoms with Crippen molar-refractivity contribution in [3.8, 4) is 5.75 Å². The van der Waals surface area contributed by atoms with Gasteiger partial charge >= 0.3 is 5.97 Å². The van der Waals surface area contributed by atoms with E-state index in [2.05, 4.69) is 15.9 Å². The van der Waals surface area contributed by atoms with Gasteiger partial charge in [0.25, 0.3) is 0 Å². The molecule has 8 heteroatoms. The van der Waals surface area contributed by atoms with Gasteiger partial charge in [0.05, 0.1) is 5.92 Å². The second-order valence-corrected chi connectivity index (χ2v) is 11.7. The number of carboxylic acid groups (broad SMARTS) is 1. The molecule has 3 aliphatic rings. The van der Waals surface area contributed by atoms with Crippen LogP contribution in [0.15, 0.2) is 24.3 Å². The molecule has 2 saturated heterocycles. The SMILES string of the molecule is Cc1nc(N2CC([C@H]3CCCN(C4CC(C(=O)O)C4)C3)C2)cc(O[C@H](C)c2ccc(Cl)cc2Cl)c1C. The van der Waals surface area contributed by atoms with Crippen molar-refractivity contribution in [3.05, 3.63) is 51.1 Å². The fourth-order valence-electron chi connectivity index (χ4n) is 5.90. The molecule has 1 aliphatic carbocycles. The number of carbonyl (C=O) groups is 1. The van der Waals surface area contributed by atoms with Crippen LogP contribution < -0.4 is 9.64 Å². The van der Waals surface area contributed by atoms with Gasteiger partial charge in [0.1, 0.15) is 17.7 Å².